The maximum Gasteiger partial charge on any atom is 0.0740 e. The Morgan fingerprint density at radius 1 is 1.27 bits per heavy atom. The number of hydrogen-bond acceptors (Lipinski definition) is 1. The van der Waals surface area contributed by atoms with Gasteiger partial charge in [0.15, 0.2) is 0 Å². The molecule has 0 bridgehead atoms. The van der Waals surface area contributed by atoms with Gasteiger partial charge in [-0.25, -0.2) is 0 Å². The van der Waals surface area contributed by atoms with Gasteiger partial charge in [0, 0.05) is 12.1 Å². The van der Waals surface area contributed by atoms with E-state index in [0.29, 0.717) is 12.1 Å². The van der Waals surface area contributed by atoms with Gasteiger partial charge in [-0.05, 0) is 32.4 Å². The minimum atomic E-state index is 0.126. The molecule has 15 heavy (non-hydrogen) atoms. The van der Waals surface area contributed by atoms with Crippen molar-refractivity contribution in [2.45, 2.75) is 37.2 Å². The molecule has 82 valence electrons. The van der Waals surface area contributed by atoms with Crippen LogP contribution in [0.25, 0.3) is 0 Å². The first-order chi connectivity index (χ1) is 7.20. The summed E-state index contributed by atoms with van der Waals surface area (Å²) in [4.78, 5) is 2.41. The van der Waals surface area contributed by atoms with Crippen LogP contribution >= 0.6 is 11.6 Å². The molecular weight excluding hydrogens is 206 g/mol. The zero-order valence-electron chi connectivity index (χ0n) is 9.36. The van der Waals surface area contributed by atoms with Crippen LogP contribution in [0.15, 0.2) is 30.3 Å². The lowest BCUT2D eigenvalue weighted by Crippen LogP contribution is -2.33. The van der Waals surface area contributed by atoms with Gasteiger partial charge in [0.25, 0.3) is 0 Å². The Hall–Kier alpha value is -0.530. The molecule has 0 aromatic heterocycles. The van der Waals surface area contributed by atoms with Crippen LogP contribution in [-0.2, 0) is 0 Å². The molecular formula is C13H18ClN. The van der Waals surface area contributed by atoms with Gasteiger partial charge in [0.1, 0.15) is 0 Å². The van der Waals surface area contributed by atoms with Crippen molar-refractivity contribution in [3.05, 3.63) is 35.9 Å². The molecule has 2 unspecified atom stereocenters. The van der Waals surface area contributed by atoms with E-state index in [9.17, 15) is 0 Å². The largest absolute Gasteiger partial charge is 0.299 e. The quantitative estimate of drug-likeness (QED) is 0.695. The fourth-order valence-electron chi connectivity index (χ4n) is 2.36. The van der Waals surface area contributed by atoms with Gasteiger partial charge in [0.05, 0.1) is 5.38 Å². The van der Waals surface area contributed by atoms with Gasteiger partial charge in [-0.1, -0.05) is 30.3 Å². The molecule has 0 spiro atoms. The number of halogens is 1. The Morgan fingerprint density at radius 2 is 1.93 bits per heavy atom. The average Bonchev–Trinajstić information content (AvgIpc) is 2.60. The molecule has 1 aromatic rings. The van der Waals surface area contributed by atoms with Crippen molar-refractivity contribution >= 4 is 11.6 Å². The highest BCUT2D eigenvalue weighted by atomic mass is 35.5. The minimum absolute atomic E-state index is 0.126. The lowest BCUT2D eigenvalue weighted by molar-refractivity contribution is 0.247. The molecule has 2 rings (SSSR count). The summed E-state index contributed by atoms with van der Waals surface area (Å²) in [6.45, 7) is 2.27. The maximum atomic E-state index is 6.53. The highest BCUT2D eigenvalue weighted by molar-refractivity contribution is 6.21. The predicted molar refractivity (Wildman–Crippen MR) is 65.3 cm³/mol. The molecule has 0 aliphatic carbocycles. The molecule has 1 saturated heterocycles. The number of alkyl halides is 1. The SMILES string of the molecule is C[C@H]1CCC(C(Cl)c2ccccc2)N1C. The van der Waals surface area contributed by atoms with Gasteiger partial charge in [0.2, 0.25) is 0 Å². The molecule has 1 aliphatic heterocycles. The van der Waals surface area contributed by atoms with Crippen LogP contribution in [-0.4, -0.2) is 24.0 Å². The second kappa shape index (κ2) is 4.54. The van der Waals surface area contributed by atoms with Gasteiger partial charge in [-0.15, -0.1) is 11.6 Å². The van der Waals surface area contributed by atoms with E-state index in [1.165, 1.54) is 18.4 Å². The van der Waals surface area contributed by atoms with Crippen LogP contribution in [0.2, 0.25) is 0 Å². The fraction of sp³-hybridized carbons (Fsp3) is 0.538. The fourth-order valence-corrected chi connectivity index (χ4v) is 2.81. The van der Waals surface area contributed by atoms with E-state index >= 15 is 0 Å². The third kappa shape index (κ3) is 2.19. The minimum Gasteiger partial charge on any atom is -0.299 e. The van der Waals surface area contributed by atoms with Crippen LogP contribution in [0.5, 0.6) is 0 Å². The summed E-state index contributed by atoms with van der Waals surface area (Å²) >= 11 is 6.53. The molecule has 1 nitrogen and oxygen atoms in total. The molecule has 1 heterocycles. The van der Waals surface area contributed by atoms with E-state index in [1.54, 1.807) is 0 Å². The van der Waals surface area contributed by atoms with Gasteiger partial charge >= 0.3 is 0 Å². The van der Waals surface area contributed by atoms with E-state index in [2.05, 4.69) is 43.1 Å². The number of rotatable bonds is 2. The first-order valence-electron chi connectivity index (χ1n) is 5.61. The smallest absolute Gasteiger partial charge is 0.0740 e. The maximum absolute atomic E-state index is 6.53. The highest BCUT2D eigenvalue weighted by Gasteiger charge is 2.32. The van der Waals surface area contributed by atoms with E-state index in [1.807, 2.05) is 6.07 Å². The first-order valence-corrected chi connectivity index (χ1v) is 6.04. The van der Waals surface area contributed by atoms with Crippen LogP contribution in [0.4, 0.5) is 0 Å². The molecule has 0 amide bonds. The zero-order chi connectivity index (χ0) is 10.8. The normalized spacial score (nSPS) is 29.3. The summed E-state index contributed by atoms with van der Waals surface area (Å²) in [5.74, 6) is 0. The van der Waals surface area contributed by atoms with Crippen LogP contribution in [0.3, 0.4) is 0 Å². The highest BCUT2D eigenvalue weighted by Crippen LogP contribution is 2.35. The first kappa shape index (κ1) is 11.0. The third-order valence-corrected chi connectivity index (χ3v) is 4.10. The molecule has 3 atom stereocenters. The van der Waals surface area contributed by atoms with Crippen molar-refractivity contribution in [1.82, 2.24) is 4.90 Å². The third-order valence-electron chi connectivity index (χ3n) is 3.55. The van der Waals surface area contributed by atoms with Crippen LogP contribution in [0, 0.1) is 0 Å². The van der Waals surface area contributed by atoms with Crippen molar-refractivity contribution in [1.29, 1.82) is 0 Å². The molecule has 0 N–H and O–H groups in total. The Balaban J connectivity index is 2.12. The van der Waals surface area contributed by atoms with Crippen LogP contribution < -0.4 is 0 Å². The molecule has 1 aliphatic rings. The van der Waals surface area contributed by atoms with Gasteiger partial charge in [-0.3, -0.25) is 4.90 Å². The summed E-state index contributed by atoms with van der Waals surface area (Å²) in [6, 6.07) is 11.5. The summed E-state index contributed by atoms with van der Waals surface area (Å²) in [5.41, 5.74) is 1.24. The Morgan fingerprint density at radius 3 is 2.47 bits per heavy atom. The molecule has 1 aromatic carbocycles. The molecule has 0 saturated carbocycles. The summed E-state index contributed by atoms with van der Waals surface area (Å²) in [7, 11) is 2.18. The van der Waals surface area contributed by atoms with Crippen molar-refractivity contribution in [3.8, 4) is 0 Å². The molecule has 2 heteroatoms. The van der Waals surface area contributed by atoms with E-state index in [0.717, 1.165) is 0 Å². The lowest BCUT2D eigenvalue weighted by atomic mass is 10.0. The number of hydrogen-bond donors (Lipinski definition) is 0. The Labute approximate surface area is 97.0 Å². The lowest BCUT2D eigenvalue weighted by Gasteiger charge is -2.27. The number of likely N-dealkylation sites (tertiary alicyclic amines) is 1. The predicted octanol–water partition coefficient (Wildman–Crippen LogP) is 3.45. The van der Waals surface area contributed by atoms with E-state index in [-0.39, 0.29) is 5.38 Å². The molecule has 0 radical (unpaired) electrons. The monoisotopic (exact) mass is 223 g/mol. The number of likely N-dealkylation sites (N-methyl/N-ethyl adjacent to an activating group) is 1. The number of benzene rings is 1. The zero-order valence-corrected chi connectivity index (χ0v) is 10.1. The van der Waals surface area contributed by atoms with Crippen molar-refractivity contribution in [2.24, 2.45) is 0 Å². The van der Waals surface area contributed by atoms with Crippen molar-refractivity contribution < 1.29 is 0 Å². The van der Waals surface area contributed by atoms with Crippen LogP contribution in [0.1, 0.15) is 30.7 Å². The topological polar surface area (TPSA) is 3.24 Å². The standard InChI is InChI=1S/C13H18ClN/c1-10-8-9-12(15(10)2)13(14)11-6-4-3-5-7-11/h3-7,10,12-13H,8-9H2,1-2H3/t10-,12?,13?/m0/s1. The summed E-state index contributed by atoms with van der Waals surface area (Å²) in [6.07, 6.45) is 2.47. The van der Waals surface area contributed by atoms with Gasteiger partial charge in [-0.2, -0.15) is 0 Å². The van der Waals surface area contributed by atoms with E-state index in [4.69, 9.17) is 11.6 Å². The second-order valence-electron chi connectivity index (χ2n) is 4.47. The second-order valence-corrected chi connectivity index (χ2v) is 4.94. The van der Waals surface area contributed by atoms with Crippen molar-refractivity contribution in [2.75, 3.05) is 7.05 Å². The number of nitrogens with zero attached hydrogens (tertiary/aromatic N) is 1. The Kier molecular flexibility index (Phi) is 3.32. The summed E-state index contributed by atoms with van der Waals surface area (Å²) in [5, 5.41) is 0.126. The summed E-state index contributed by atoms with van der Waals surface area (Å²) < 4.78 is 0. The Bertz CT molecular complexity index is 312. The van der Waals surface area contributed by atoms with Crippen molar-refractivity contribution in [3.63, 3.8) is 0 Å². The van der Waals surface area contributed by atoms with Gasteiger partial charge < -0.3 is 0 Å². The average molecular weight is 224 g/mol. The molecule has 1 fully saturated rings. The van der Waals surface area contributed by atoms with E-state index < -0.39 is 0 Å².